The summed E-state index contributed by atoms with van der Waals surface area (Å²) in [5.41, 5.74) is 1.81. The van der Waals surface area contributed by atoms with Crippen LogP contribution in [0.4, 0.5) is 16.5 Å². The van der Waals surface area contributed by atoms with Gasteiger partial charge in [-0.25, -0.2) is 9.59 Å². The Morgan fingerprint density at radius 3 is 2.46 bits per heavy atom. The Labute approximate surface area is 238 Å². The Hall–Kier alpha value is -4.73. The maximum absolute atomic E-state index is 13.4. The molecule has 4 rings (SSSR count). The van der Waals surface area contributed by atoms with E-state index < -0.39 is 23.4 Å². The summed E-state index contributed by atoms with van der Waals surface area (Å²) in [4.78, 5) is 49.4. The first-order chi connectivity index (χ1) is 19.5. The number of aryl methyl sites for hydroxylation is 1. The van der Waals surface area contributed by atoms with Crippen LogP contribution in [-0.4, -0.2) is 47.2 Å². The van der Waals surface area contributed by atoms with E-state index in [4.69, 9.17) is 9.15 Å². The van der Waals surface area contributed by atoms with Gasteiger partial charge in [-0.05, 0) is 63.1 Å². The first kappa shape index (κ1) is 29.3. The molecular weight excluding hydrogens is 522 g/mol. The number of benzene rings is 2. The van der Waals surface area contributed by atoms with Gasteiger partial charge in [0.25, 0.3) is 0 Å². The second kappa shape index (κ2) is 12.6. The molecule has 214 valence electrons. The second-order valence-electron chi connectivity index (χ2n) is 10.7. The van der Waals surface area contributed by atoms with Crippen LogP contribution in [0, 0.1) is 6.92 Å². The van der Waals surface area contributed by atoms with E-state index in [2.05, 4.69) is 20.6 Å². The molecule has 0 radical (unpaired) electrons. The summed E-state index contributed by atoms with van der Waals surface area (Å²) < 4.78 is 11.0. The van der Waals surface area contributed by atoms with Gasteiger partial charge in [0.2, 0.25) is 5.91 Å². The Morgan fingerprint density at radius 2 is 1.78 bits per heavy atom. The van der Waals surface area contributed by atoms with E-state index in [1.54, 1.807) is 58.0 Å². The van der Waals surface area contributed by atoms with Crippen molar-refractivity contribution in [1.29, 1.82) is 0 Å². The normalized spacial score (nSPS) is 12.0. The summed E-state index contributed by atoms with van der Waals surface area (Å²) in [5.74, 6) is -0.232. The molecule has 0 aliphatic carbocycles. The molecule has 41 heavy (non-hydrogen) atoms. The highest BCUT2D eigenvalue weighted by Gasteiger charge is 2.27. The van der Waals surface area contributed by atoms with Gasteiger partial charge in [0.15, 0.2) is 0 Å². The fourth-order valence-corrected chi connectivity index (χ4v) is 4.36. The van der Waals surface area contributed by atoms with Crippen LogP contribution < -0.4 is 21.2 Å². The van der Waals surface area contributed by atoms with Crippen molar-refractivity contribution in [2.45, 2.75) is 52.2 Å². The fourth-order valence-electron chi connectivity index (χ4n) is 4.36. The second-order valence-corrected chi connectivity index (χ2v) is 10.7. The predicted octanol–water partition coefficient (Wildman–Crippen LogP) is 4.64. The van der Waals surface area contributed by atoms with Crippen molar-refractivity contribution in [3.63, 3.8) is 0 Å². The number of anilines is 2. The quantitative estimate of drug-likeness (QED) is 0.305. The van der Waals surface area contributed by atoms with Gasteiger partial charge in [-0.2, -0.15) is 4.98 Å². The van der Waals surface area contributed by atoms with Crippen LogP contribution in [0.15, 0.2) is 76.1 Å². The van der Waals surface area contributed by atoms with Crippen molar-refractivity contribution in [3.05, 3.63) is 94.1 Å². The van der Waals surface area contributed by atoms with Crippen molar-refractivity contribution in [1.82, 2.24) is 15.3 Å². The van der Waals surface area contributed by atoms with Crippen LogP contribution in [-0.2, 0) is 22.4 Å². The number of pyridine rings is 1. The lowest BCUT2D eigenvalue weighted by molar-refractivity contribution is -0.122. The number of nitrogens with one attached hydrogen (secondary N) is 2. The third kappa shape index (κ3) is 7.69. The zero-order chi connectivity index (χ0) is 29.6. The number of likely N-dealkylation sites (N-methyl/N-ethyl adjacent to an activating group) is 1. The minimum absolute atomic E-state index is 0.00978. The number of hydrogen-bond acceptors (Lipinski definition) is 8. The monoisotopic (exact) mass is 557 g/mol. The largest absolute Gasteiger partial charge is 0.444 e. The molecule has 0 aliphatic rings. The molecule has 10 nitrogen and oxygen atoms in total. The number of nitrogens with zero attached hydrogens (tertiary/aromatic N) is 3. The number of fused-ring (bicyclic) bond motifs is 1. The van der Waals surface area contributed by atoms with Gasteiger partial charge in [-0.3, -0.25) is 15.1 Å². The van der Waals surface area contributed by atoms with E-state index in [0.29, 0.717) is 36.2 Å². The number of carbonyl (C=O) groups is 2. The third-order valence-electron chi connectivity index (χ3n) is 6.43. The molecule has 2 aromatic carbocycles. The highest BCUT2D eigenvalue weighted by Crippen LogP contribution is 2.25. The summed E-state index contributed by atoms with van der Waals surface area (Å²) in [7, 11) is 1.67. The van der Waals surface area contributed by atoms with Crippen molar-refractivity contribution in [2.75, 3.05) is 23.8 Å². The first-order valence-electron chi connectivity index (χ1n) is 13.4. The lowest BCUT2D eigenvalue weighted by atomic mass is 10.0. The van der Waals surface area contributed by atoms with Gasteiger partial charge in [0.1, 0.15) is 11.6 Å². The predicted molar refractivity (Wildman–Crippen MR) is 158 cm³/mol. The third-order valence-corrected chi connectivity index (χ3v) is 6.43. The summed E-state index contributed by atoms with van der Waals surface area (Å²) >= 11 is 0. The molecule has 0 bridgehead atoms. The van der Waals surface area contributed by atoms with E-state index in [9.17, 15) is 14.4 Å². The molecule has 2 heterocycles. The lowest BCUT2D eigenvalue weighted by Gasteiger charge is -2.27. The van der Waals surface area contributed by atoms with Gasteiger partial charge in [-0.15, -0.1) is 0 Å². The molecule has 0 aliphatic heterocycles. The van der Waals surface area contributed by atoms with Gasteiger partial charge in [0, 0.05) is 44.0 Å². The molecule has 2 amide bonds. The maximum atomic E-state index is 13.4. The minimum Gasteiger partial charge on any atom is -0.444 e. The summed E-state index contributed by atoms with van der Waals surface area (Å²) in [6.45, 7) is 7.40. The van der Waals surface area contributed by atoms with Crippen LogP contribution in [0.25, 0.3) is 10.9 Å². The van der Waals surface area contributed by atoms with Crippen LogP contribution >= 0.6 is 0 Å². The van der Waals surface area contributed by atoms with E-state index in [-0.39, 0.29) is 17.3 Å². The number of carbonyl (C=O) groups excluding carboxylic acids is 2. The zero-order valence-corrected chi connectivity index (χ0v) is 23.9. The number of aromatic nitrogens is 2. The van der Waals surface area contributed by atoms with Crippen molar-refractivity contribution in [3.8, 4) is 0 Å². The Kier molecular flexibility index (Phi) is 9.01. The number of hydrogen-bond donors (Lipinski definition) is 2. The molecule has 4 aromatic rings. The molecule has 2 aromatic heterocycles. The zero-order valence-electron chi connectivity index (χ0n) is 23.9. The Bertz CT molecular complexity index is 1570. The molecule has 0 spiro atoms. The molecule has 10 heteroatoms. The molecule has 1 atom stereocenters. The number of rotatable bonds is 9. The van der Waals surface area contributed by atoms with Crippen LogP contribution in [0.3, 0.4) is 0 Å². The van der Waals surface area contributed by atoms with Gasteiger partial charge in [-0.1, -0.05) is 36.4 Å². The van der Waals surface area contributed by atoms with E-state index >= 15 is 0 Å². The topological polar surface area (TPSA) is 127 Å². The SMILES string of the molecule is Cc1c(NC(=O)OC(C)(C)C)ccc2nc(N(C)[C@@H](Cc3ccccc3)C(=O)NCCc3ccccn3)oc(=O)c12. The summed E-state index contributed by atoms with van der Waals surface area (Å²) in [5, 5.41) is 5.89. The highest BCUT2D eigenvalue weighted by atomic mass is 16.6. The molecule has 0 fully saturated rings. The number of amides is 2. The number of ether oxygens (including phenoxy) is 1. The van der Waals surface area contributed by atoms with Crippen molar-refractivity contribution in [2.24, 2.45) is 0 Å². The Balaban J connectivity index is 1.59. The standard InChI is InChI=1S/C31H35N5O5/c1-20-23(35-30(39)41-31(2,3)4)14-15-24-26(20)28(38)40-29(34-24)36(5)25(19-21-11-7-6-8-12-21)27(37)33-18-16-22-13-9-10-17-32-22/h6-15,17,25H,16,18-19H2,1-5H3,(H,33,37)(H,35,39)/t25-/m0/s1. The molecule has 2 N–H and O–H groups in total. The Morgan fingerprint density at radius 1 is 1.05 bits per heavy atom. The van der Waals surface area contributed by atoms with Gasteiger partial charge < -0.3 is 19.4 Å². The van der Waals surface area contributed by atoms with Crippen molar-refractivity contribution < 1.29 is 18.7 Å². The van der Waals surface area contributed by atoms with E-state index in [1.165, 1.54) is 0 Å². The average Bonchev–Trinajstić information content (AvgIpc) is 2.92. The van der Waals surface area contributed by atoms with Crippen LogP contribution in [0.1, 0.15) is 37.6 Å². The first-order valence-corrected chi connectivity index (χ1v) is 13.4. The molecule has 0 unspecified atom stereocenters. The summed E-state index contributed by atoms with van der Waals surface area (Å²) in [6.07, 6.45) is 2.03. The van der Waals surface area contributed by atoms with Gasteiger partial charge in [0.05, 0.1) is 10.9 Å². The van der Waals surface area contributed by atoms with Crippen LogP contribution in [0.2, 0.25) is 0 Å². The maximum Gasteiger partial charge on any atom is 0.412 e. The summed E-state index contributed by atoms with van der Waals surface area (Å²) in [6, 6.07) is 17.8. The minimum atomic E-state index is -0.705. The van der Waals surface area contributed by atoms with Crippen molar-refractivity contribution >= 4 is 34.6 Å². The molecule has 0 saturated heterocycles. The lowest BCUT2D eigenvalue weighted by Crippen LogP contribution is -2.47. The smallest absolute Gasteiger partial charge is 0.412 e. The molecular formula is C31H35N5O5. The fraction of sp³-hybridized carbons (Fsp3) is 0.323. The van der Waals surface area contributed by atoms with Crippen LogP contribution in [0.5, 0.6) is 0 Å². The van der Waals surface area contributed by atoms with Gasteiger partial charge >= 0.3 is 17.7 Å². The van der Waals surface area contributed by atoms with E-state index in [0.717, 1.165) is 11.3 Å². The van der Waals surface area contributed by atoms with E-state index in [1.807, 2.05) is 48.5 Å². The highest BCUT2D eigenvalue weighted by molar-refractivity contribution is 5.93. The molecule has 0 saturated carbocycles. The average molecular weight is 558 g/mol.